The van der Waals surface area contributed by atoms with Crippen molar-refractivity contribution in [1.82, 2.24) is 24.3 Å². The number of pyridine rings is 2. The third-order valence-corrected chi connectivity index (χ3v) is 5.36. The average molecular weight is 431 g/mol. The molecule has 0 spiro atoms. The lowest BCUT2D eigenvalue weighted by atomic mass is 10.0. The van der Waals surface area contributed by atoms with E-state index in [9.17, 15) is 9.59 Å². The molecule has 4 rings (SSSR count). The van der Waals surface area contributed by atoms with E-state index in [4.69, 9.17) is 0 Å². The molecule has 164 valence electrons. The highest BCUT2D eigenvalue weighted by atomic mass is 16.2. The standard InChI is InChI=1S/C24H26N6O2/c1-15(2)20-7-10-27-30(20)14-23(31)28-22-11-17(5-9-26-22)24(32)19-13-29(16(3)4)21-6-8-25-12-18(19)21/h5-13,15-16H,14H2,1-4H3,(H,26,28,31). The zero-order valence-electron chi connectivity index (χ0n) is 18.6. The number of hydrogen-bond acceptors (Lipinski definition) is 5. The highest BCUT2D eigenvalue weighted by Gasteiger charge is 2.19. The van der Waals surface area contributed by atoms with Crippen molar-refractivity contribution in [3.8, 4) is 0 Å². The van der Waals surface area contributed by atoms with Crippen molar-refractivity contribution in [2.45, 2.75) is 46.2 Å². The number of rotatable bonds is 7. The number of fused-ring (bicyclic) bond motifs is 1. The van der Waals surface area contributed by atoms with Gasteiger partial charge in [0.2, 0.25) is 5.91 Å². The van der Waals surface area contributed by atoms with Gasteiger partial charge in [0, 0.05) is 59.2 Å². The minimum atomic E-state index is -0.256. The predicted octanol–water partition coefficient (Wildman–Crippen LogP) is 4.20. The maximum Gasteiger partial charge on any atom is 0.247 e. The summed E-state index contributed by atoms with van der Waals surface area (Å²) in [5, 5.41) is 7.80. The van der Waals surface area contributed by atoms with Crippen LogP contribution in [0.1, 0.15) is 61.3 Å². The van der Waals surface area contributed by atoms with Crippen LogP contribution >= 0.6 is 0 Å². The second-order valence-electron chi connectivity index (χ2n) is 8.31. The van der Waals surface area contributed by atoms with Gasteiger partial charge in [-0.1, -0.05) is 13.8 Å². The molecule has 0 aliphatic carbocycles. The summed E-state index contributed by atoms with van der Waals surface area (Å²) >= 11 is 0. The number of nitrogens with zero attached hydrogens (tertiary/aromatic N) is 5. The molecule has 0 fully saturated rings. The smallest absolute Gasteiger partial charge is 0.247 e. The van der Waals surface area contributed by atoms with E-state index in [-0.39, 0.29) is 30.2 Å². The molecule has 1 amide bonds. The summed E-state index contributed by atoms with van der Waals surface area (Å²) in [5.41, 5.74) is 2.96. The first-order chi connectivity index (χ1) is 15.3. The molecule has 0 saturated carbocycles. The van der Waals surface area contributed by atoms with E-state index in [1.165, 1.54) is 6.20 Å². The van der Waals surface area contributed by atoms with Crippen LogP contribution in [-0.4, -0.2) is 36.0 Å². The third kappa shape index (κ3) is 4.16. The molecule has 32 heavy (non-hydrogen) atoms. The summed E-state index contributed by atoms with van der Waals surface area (Å²) in [5.74, 6) is 0.180. The Morgan fingerprint density at radius 3 is 2.62 bits per heavy atom. The van der Waals surface area contributed by atoms with Crippen molar-refractivity contribution in [3.63, 3.8) is 0 Å². The van der Waals surface area contributed by atoms with Gasteiger partial charge in [0.05, 0.1) is 5.52 Å². The lowest BCUT2D eigenvalue weighted by Gasteiger charge is -2.10. The van der Waals surface area contributed by atoms with Crippen LogP contribution in [0.5, 0.6) is 0 Å². The molecule has 0 aliphatic heterocycles. The molecule has 8 nitrogen and oxygen atoms in total. The first-order valence-electron chi connectivity index (χ1n) is 10.6. The topological polar surface area (TPSA) is 94.7 Å². The monoisotopic (exact) mass is 430 g/mol. The summed E-state index contributed by atoms with van der Waals surface area (Å²) in [7, 11) is 0. The Morgan fingerprint density at radius 2 is 1.88 bits per heavy atom. The Labute approximate surface area is 186 Å². The molecular weight excluding hydrogens is 404 g/mol. The van der Waals surface area contributed by atoms with E-state index in [0.717, 1.165) is 16.6 Å². The Hall–Kier alpha value is -3.81. The molecule has 0 aliphatic rings. The van der Waals surface area contributed by atoms with E-state index in [2.05, 4.69) is 38.8 Å². The zero-order chi connectivity index (χ0) is 22.8. The molecule has 0 aromatic carbocycles. The van der Waals surface area contributed by atoms with Gasteiger partial charge in [0.15, 0.2) is 5.78 Å². The van der Waals surface area contributed by atoms with Crippen LogP contribution in [0.15, 0.2) is 55.2 Å². The van der Waals surface area contributed by atoms with Gasteiger partial charge < -0.3 is 9.88 Å². The van der Waals surface area contributed by atoms with Crippen molar-refractivity contribution in [2.75, 3.05) is 5.32 Å². The van der Waals surface area contributed by atoms with Crippen molar-refractivity contribution >= 4 is 28.4 Å². The van der Waals surface area contributed by atoms with Gasteiger partial charge >= 0.3 is 0 Å². The van der Waals surface area contributed by atoms with Gasteiger partial charge in [-0.15, -0.1) is 0 Å². The zero-order valence-corrected chi connectivity index (χ0v) is 18.6. The lowest BCUT2D eigenvalue weighted by molar-refractivity contribution is -0.117. The number of hydrogen-bond donors (Lipinski definition) is 1. The van der Waals surface area contributed by atoms with Crippen LogP contribution in [0.3, 0.4) is 0 Å². The second kappa shape index (κ2) is 8.74. The maximum absolute atomic E-state index is 13.3. The molecule has 4 aromatic rings. The minimum absolute atomic E-state index is 0.0773. The summed E-state index contributed by atoms with van der Waals surface area (Å²) in [6.45, 7) is 8.31. The number of carbonyl (C=O) groups is 2. The Balaban J connectivity index is 1.57. The number of aromatic nitrogens is 5. The molecule has 1 N–H and O–H groups in total. The van der Waals surface area contributed by atoms with E-state index >= 15 is 0 Å². The van der Waals surface area contributed by atoms with Crippen molar-refractivity contribution in [1.29, 1.82) is 0 Å². The van der Waals surface area contributed by atoms with Gasteiger partial charge in [0.25, 0.3) is 0 Å². The molecule has 4 aromatic heterocycles. The van der Waals surface area contributed by atoms with Crippen molar-refractivity contribution < 1.29 is 9.59 Å². The molecule has 0 bridgehead atoms. The number of carbonyl (C=O) groups excluding carboxylic acids is 2. The molecular formula is C24H26N6O2. The highest BCUT2D eigenvalue weighted by molar-refractivity contribution is 6.16. The first-order valence-corrected chi connectivity index (χ1v) is 10.6. The van der Waals surface area contributed by atoms with Crippen molar-refractivity contribution in [3.05, 3.63) is 72.1 Å². The summed E-state index contributed by atoms with van der Waals surface area (Å²) in [4.78, 5) is 34.3. The van der Waals surface area contributed by atoms with Crippen LogP contribution in [-0.2, 0) is 11.3 Å². The van der Waals surface area contributed by atoms with E-state index < -0.39 is 0 Å². The van der Waals surface area contributed by atoms with E-state index in [1.54, 1.807) is 35.4 Å². The maximum atomic E-state index is 13.3. The molecule has 0 saturated heterocycles. The number of anilines is 1. The Kier molecular flexibility index (Phi) is 5.85. The number of ketones is 1. The third-order valence-electron chi connectivity index (χ3n) is 5.36. The van der Waals surface area contributed by atoms with E-state index in [1.807, 2.05) is 32.2 Å². The predicted molar refractivity (Wildman–Crippen MR) is 123 cm³/mol. The summed E-state index contributed by atoms with van der Waals surface area (Å²) in [6, 6.07) is 7.26. The van der Waals surface area contributed by atoms with Crippen LogP contribution in [0.4, 0.5) is 5.82 Å². The minimum Gasteiger partial charge on any atom is -0.344 e. The van der Waals surface area contributed by atoms with Crippen LogP contribution in [0.2, 0.25) is 0 Å². The van der Waals surface area contributed by atoms with Gasteiger partial charge in [0.1, 0.15) is 12.4 Å². The van der Waals surface area contributed by atoms with Crippen molar-refractivity contribution in [2.24, 2.45) is 0 Å². The molecule has 4 heterocycles. The molecule has 0 unspecified atom stereocenters. The van der Waals surface area contributed by atoms with Gasteiger partial charge in [-0.25, -0.2) is 4.98 Å². The normalized spacial score (nSPS) is 11.4. The number of nitrogens with one attached hydrogen (secondary N) is 1. The van der Waals surface area contributed by atoms with Gasteiger partial charge in [-0.05, 0) is 44.0 Å². The fraction of sp³-hybridized carbons (Fsp3) is 0.292. The van der Waals surface area contributed by atoms with Crippen LogP contribution in [0.25, 0.3) is 10.9 Å². The Morgan fingerprint density at radius 1 is 1.06 bits per heavy atom. The molecule has 0 radical (unpaired) electrons. The highest BCUT2D eigenvalue weighted by Crippen LogP contribution is 2.26. The fourth-order valence-electron chi connectivity index (χ4n) is 3.79. The van der Waals surface area contributed by atoms with Crippen LogP contribution < -0.4 is 5.32 Å². The largest absolute Gasteiger partial charge is 0.344 e. The van der Waals surface area contributed by atoms with Gasteiger partial charge in [-0.2, -0.15) is 5.10 Å². The van der Waals surface area contributed by atoms with Gasteiger partial charge in [-0.3, -0.25) is 19.3 Å². The lowest BCUT2D eigenvalue weighted by Crippen LogP contribution is -2.22. The molecule has 8 heteroatoms. The summed E-state index contributed by atoms with van der Waals surface area (Å²) < 4.78 is 3.73. The second-order valence-corrected chi connectivity index (χ2v) is 8.31. The Bertz CT molecular complexity index is 1280. The summed E-state index contributed by atoms with van der Waals surface area (Å²) in [6.07, 6.45) is 8.50. The SMILES string of the molecule is CC(C)c1ccnn1CC(=O)Nc1cc(C(=O)c2cn(C(C)C)c3ccncc23)ccn1. The number of amides is 1. The van der Waals surface area contributed by atoms with E-state index in [0.29, 0.717) is 16.9 Å². The average Bonchev–Trinajstić information content (AvgIpc) is 3.38. The molecule has 0 atom stereocenters. The quantitative estimate of drug-likeness (QED) is 0.443. The first kappa shape index (κ1) is 21.4. The van der Waals surface area contributed by atoms with Crippen LogP contribution in [0, 0.1) is 0 Å². The fourth-order valence-corrected chi connectivity index (χ4v) is 3.79.